The number of rotatable bonds is 6. The Bertz CT molecular complexity index is 513. The van der Waals surface area contributed by atoms with Gasteiger partial charge in [-0.1, -0.05) is 6.92 Å². The Labute approximate surface area is 122 Å². The third-order valence-corrected chi connectivity index (χ3v) is 2.71. The van der Waals surface area contributed by atoms with Gasteiger partial charge in [-0.2, -0.15) is 0 Å². The first-order chi connectivity index (χ1) is 9.97. The molecule has 1 rings (SSSR count). The molecule has 2 amide bonds. The number of carbonyl (C=O) groups is 3. The van der Waals surface area contributed by atoms with Gasteiger partial charge in [0.1, 0.15) is 6.54 Å². The molecule has 0 aromatic heterocycles. The predicted octanol–water partition coefficient (Wildman–Crippen LogP) is 1.80. The van der Waals surface area contributed by atoms with Crippen LogP contribution in [-0.2, 0) is 9.53 Å². The van der Waals surface area contributed by atoms with E-state index in [1.165, 1.54) is 36.3 Å². The summed E-state index contributed by atoms with van der Waals surface area (Å²) < 4.78 is 4.54. The number of carboxylic acid groups (broad SMARTS) is 1. The van der Waals surface area contributed by atoms with Crippen LogP contribution in [0, 0.1) is 0 Å². The lowest BCUT2D eigenvalue weighted by molar-refractivity contribution is -0.141. The van der Waals surface area contributed by atoms with E-state index in [0.717, 1.165) is 0 Å². The Hall–Kier alpha value is -2.57. The van der Waals surface area contributed by atoms with Gasteiger partial charge in [0.15, 0.2) is 0 Å². The van der Waals surface area contributed by atoms with Crippen molar-refractivity contribution in [2.45, 2.75) is 13.3 Å². The predicted molar refractivity (Wildman–Crippen MR) is 76.3 cm³/mol. The summed E-state index contributed by atoms with van der Waals surface area (Å²) in [5.41, 5.74) is 0.587. The Balaban J connectivity index is 2.71. The monoisotopic (exact) mass is 294 g/mol. The van der Waals surface area contributed by atoms with Gasteiger partial charge in [0.2, 0.25) is 0 Å². The lowest BCUT2D eigenvalue weighted by Gasteiger charge is -2.21. The molecule has 7 heteroatoms. The van der Waals surface area contributed by atoms with E-state index in [1.807, 2.05) is 6.92 Å². The molecule has 7 nitrogen and oxygen atoms in total. The molecule has 1 aromatic carbocycles. The first-order valence-electron chi connectivity index (χ1n) is 6.44. The zero-order valence-electron chi connectivity index (χ0n) is 12.0. The molecule has 114 valence electrons. The molecule has 0 aliphatic heterocycles. The summed E-state index contributed by atoms with van der Waals surface area (Å²) in [6.45, 7) is 2.16. The minimum Gasteiger partial charge on any atom is -0.478 e. The third-order valence-electron chi connectivity index (χ3n) is 2.71. The van der Waals surface area contributed by atoms with Crippen molar-refractivity contribution < 1.29 is 24.2 Å². The maximum Gasteiger partial charge on any atom is 0.335 e. The first-order valence-corrected chi connectivity index (χ1v) is 6.44. The van der Waals surface area contributed by atoms with Crippen molar-refractivity contribution in [3.05, 3.63) is 29.8 Å². The van der Waals surface area contributed by atoms with Gasteiger partial charge in [0.25, 0.3) is 0 Å². The number of urea groups is 1. The smallest absolute Gasteiger partial charge is 0.335 e. The fourth-order valence-corrected chi connectivity index (χ4v) is 1.64. The van der Waals surface area contributed by atoms with Crippen LogP contribution in [0.25, 0.3) is 0 Å². The van der Waals surface area contributed by atoms with Crippen LogP contribution < -0.4 is 5.32 Å². The fraction of sp³-hybridized carbons (Fsp3) is 0.357. The number of nitrogens with zero attached hydrogens (tertiary/aromatic N) is 1. The molecule has 0 aliphatic carbocycles. The highest BCUT2D eigenvalue weighted by Crippen LogP contribution is 2.10. The van der Waals surface area contributed by atoms with Gasteiger partial charge < -0.3 is 20.1 Å². The second-order valence-corrected chi connectivity index (χ2v) is 4.31. The molecule has 1 aromatic rings. The van der Waals surface area contributed by atoms with E-state index in [1.54, 1.807) is 0 Å². The highest BCUT2D eigenvalue weighted by Gasteiger charge is 2.16. The Morgan fingerprint density at radius 3 is 2.33 bits per heavy atom. The number of carbonyl (C=O) groups excluding carboxylic acids is 2. The maximum absolute atomic E-state index is 12.1. The number of aromatic carboxylic acids is 1. The molecule has 0 heterocycles. The number of hydrogen-bond acceptors (Lipinski definition) is 4. The van der Waals surface area contributed by atoms with Gasteiger partial charge >= 0.3 is 18.0 Å². The lowest BCUT2D eigenvalue weighted by Crippen LogP contribution is -2.39. The summed E-state index contributed by atoms with van der Waals surface area (Å²) in [6, 6.07) is 5.32. The van der Waals surface area contributed by atoms with Crippen molar-refractivity contribution in [1.29, 1.82) is 0 Å². The van der Waals surface area contributed by atoms with Gasteiger partial charge in [0, 0.05) is 12.2 Å². The van der Waals surface area contributed by atoms with Crippen LogP contribution in [0.15, 0.2) is 24.3 Å². The second-order valence-electron chi connectivity index (χ2n) is 4.31. The van der Waals surface area contributed by atoms with Crippen molar-refractivity contribution in [3.8, 4) is 0 Å². The molecular formula is C14H18N2O5. The number of methoxy groups -OCH3 is 1. The first kappa shape index (κ1) is 16.5. The minimum absolute atomic E-state index is 0.132. The van der Waals surface area contributed by atoms with Crippen LogP contribution >= 0.6 is 0 Å². The number of hydrogen-bond donors (Lipinski definition) is 2. The molecule has 21 heavy (non-hydrogen) atoms. The van der Waals surface area contributed by atoms with Crippen LogP contribution in [0.5, 0.6) is 0 Å². The normalized spacial score (nSPS) is 9.81. The van der Waals surface area contributed by atoms with E-state index in [2.05, 4.69) is 10.1 Å². The number of nitrogens with one attached hydrogen (secondary N) is 1. The molecule has 0 aliphatic rings. The van der Waals surface area contributed by atoms with E-state index in [-0.39, 0.29) is 12.1 Å². The van der Waals surface area contributed by atoms with Crippen molar-refractivity contribution in [2.24, 2.45) is 0 Å². The number of ether oxygens (including phenoxy) is 1. The number of esters is 1. The Morgan fingerprint density at radius 2 is 1.86 bits per heavy atom. The molecule has 0 unspecified atom stereocenters. The summed E-state index contributed by atoms with van der Waals surface area (Å²) in [7, 11) is 1.26. The number of benzene rings is 1. The standard InChI is InChI=1S/C14H18N2O5/c1-3-8-16(9-12(17)21-2)14(20)15-11-6-4-10(5-7-11)13(18)19/h4-7H,3,8-9H2,1-2H3,(H,15,20)(H,18,19). The molecule has 2 N–H and O–H groups in total. The maximum atomic E-state index is 12.1. The summed E-state index contributed by atoms with van der Waals surface area (Å²) in [5, 5.41) is 11.4. The van der Waals surface area contributed by atoms with Gasteiger partial charge in [-0.05, 0) is 30.7 Å². The van der Waals surface area contributed by atoms with Gasteiger partial charge in [-0.25, -0.2) is 9.59 Å². The van der Waals surface area contributed by atoms with Gasteiger partial charge in [0.05, 0.1) is 12.7 Å². The van der Waals surface area contributed by atoms with Crippen LogP contribution in [0.2, 0.25) is 0 Å². The Kier molecular flexibility index (Phi) is 6.19. The number of carboxylic acids is 1. The molecule has 0 saturated heterocycles. The lowest BCUT2D eigenvalue weighted by atomic mass is 10.2. The average molecular weight is 294 g/mol. The molecular weight excluding hydrogens is 276 g/mol. The zero-order chi connectivity index (χ0) is 15.8. The highest BCUT2D eigenvalue weighted by atomic mass is 16.5. The average Bonchev–Trinajstić information content (AvgIpc) is 2.47. The van der Waals surface area contributed by atoms with Crippen LogP contribution in [0.3, 0.4) is 0 Å². The molecule has 0 spiro atoms. The molecule has 0 atom stereocenters. The summed E-state index contributed by atoms with van der Waals surface area (Å²) in [5.74, 6) is -1.54. The Morgan fingerprint density at radius 1 is 1.24 bits per heavy atom. The molecule has 0 saturated carbocycles. The van der Waals surface area contributed by atoms with Gasteiger partial charge in [-0.3, -0.25) is 4.79 Å². The molecule has 0 fully saturated rings. The van der Waals surface area contributed by atoms with E-state index in [0.29, 0.717) is 18.7 Å². The number of anilines is 1. The topological polar surface area (TPSA) is 95.9 Å². The minimum atomic E-state index is -1.04. The second kappa shape index (κ2) is 7.88. The van der Waals surface area contributed by atoms with Crippen LogP contribution in [0.1, 0.15) is 23.7 Å². The summed E-state index contributed by atoms with van der Waals surface area (Å²) in [4.78, 5) is 35.4. The van der Waals surface area contributed by atoms with Crippen molar-refractivity contribution in [1.82, 2.24) is 4.90 Å². The number of amides is 2. The molecule has 0 radical (unpaired) electrons. The fourth-order valence-electron chi connectivity index (χ4n) is 1.64. The summed E-state index contributed by atoms with van der Waals surface area (Å²) >= 11 is 0. The summed E-state index contributed by atoms with van der Waals surface area (Å²) in [6.07, 6.45) is 0.697. The van der Waals surface area contributed by atoms with E-state index in [4.69, 9.17) is 5.11 Å². The highest BCUT2D eigenvalue weighted by molar-refractivity contribution is 5.93. The van der Waals surface area contributed by atoms with Crippen molar-refractivity contribution >= 4 is 23.7 Å². The van der Waals surface area contributed by atoms with Gasteiger partial charge in [-0.15, -0.1) is 0 Å². The van der Waals surface area contributed by atoms with E-state index < -0.39 is 18.0 Å². The van der Waals surface area contributed by atoms with E-state index >= 15 is 0 Å². The van der Waals surface area contributed by atoms with Crippen molar-refractivity contribution in [2.75, 3.05) is 25.5 Å². The van der Waals surface area contributed by atoms with Crippen molar-refractivity contribution in [3.63, 3.8) is 0 Å². The SMILES string of the molecule is CCCN(CC(=O)OC)C(=O)Nc1ccc(C(=O)O)cc1. The zero-order valence-corrected chi connectivity index (χ0v) is 12.0. The van der Waals surface area contributed by atoms with E-state index in [9.17, 15) is 14.4 Å². The third kappa shape index (κ3) is 5.13. The van der Waals surface area contributed by atoms with Crippen LogP contribution in [-0.4, -0.2) is 48.2 Å². The largest absolute Gasteiger partial charge is 0.478 e. The quantitative estimate of drug-likeness (QED) is 0.780. The van der Waals surface area contributed by atoms with Crippen LogP contribution in [0.4, 0.5) is 10.5 Å². The molecule has 0 bridgehead atoms.